The maximum Gasteiger partial charge on any atom is 0.316 e. The molecule has 0 fully saturated rings. The Kier molecular flexibility index (Phi) is 9.40. The fourth-order valence-electron chi connectivity index (χ4n) is 1.48. The van der Waals surface area contributed by atoms with Crippen LogP contribution in [0.15, 0.2) is 12.2 Å². The van der Waals surface area contributed by atoms with Gasteiger partial charge in [0.25, 0.3) is 0 Å². The van der Waals surface area contributed by atoms with Crippen molar-refractivity contribution in [3.05, 3.63) is 12.2 Å². The number of rotatable bonds is 9. The van der Waals surface area contributed by atoms with E-state index in [0.717, 1.165) is 6.42 Å². The number of ether oxygens (including phenoxy) is 2. The van der Waals surface area contributed by atoms with Gasteiger partial charge in [-0.1, -0.05) is 19.1 Å². The van der Waals surface area contributed by atoms with E-state index in [0.29, 0.717) is 0 Å². The Hall–Kier alpha value is -1.65. The number of hydrogen-bond acceptors (Lipinski definition) is 5. The van der Waals surface area contributed by atoms with Gasteiger partial charge in [-0.25, -0.2) is 0 Å². The Morgan fingerprint density at radius 2 is 1.63 bits per heavy atom. The summed E-state index contributed by atoms with van der Waals surface area (Å²) in [5.41, 5.74) is 0. The summed E-state index contributed by atoms with van der Waals surface area (Å²) in [7, 11) is 0. The number of carbonyl (C=O) groups excluding carboxylic acids is 3. The van der Waals surface area contributed by atoms with Gasteiger partial charge in [-0.3, -0.25) is 14.4 Å². The van der Waals surface area contributed by atoms with E-state index in [9.17, 15) is 14.4 Å². The highest BCUT2D eigenvalue weighted by atomic mass is 16.5. The zero-order valence-corrected chi connectivity index (χ0v) is 11.8. The van der Waals surface area contributed by atoms with E-state index in [1.54, 1.807) is 19.9 Å². The molecule has 5 heteroatoms. The lowest BCUT2D eigenvalue weighted by Crippen LogP contribution is -2.28. The van der Waals surface area contributed by atoms with Crippen LogP contribution in [0, 0.1) is 5.92 Å². The second-order valence-electron chi connectivity index (χ2n) is 3.87. The Morgan fingerprint density at radius 3 is 2.16 bits per heavy atom. The monoisotopic (exact) mass is 270 g/mol. The molecule has 0 amide bonds. The van der Waals surface area contributed by atoms with Crippen molar-refractivity contribution < 1.29 is 23.9 Å². The van der Waals surface area contributed by atoms with Gasteiger partial charge in [-0.15, -0.1) is 0 Å². The minimum atomic E-state index is -0.924. The standard InChI is InChI=1S/C14H22O5/c1-4-7-8-9-11(14(17)19-6-3)12(15)10-13(16)18-5-2/h7-8,11H,4-6,9-10H2,1-3H3/b8-7+. The molecular weight excluding hydrogens is 248 g/mol. The molecule has 0 rings (SSSR count). The Labute approximate surface area is 114 Å². The van der Waals surface area contributed by atoms with Crippen molar-refractivity contribution in [1.29, 1.82) is 0 Å². The van der Waals surface area contributed by atoms with Crippen molar-refractivity contribution in [2.75, 3.05) is 13.2 Å². The van der Waals surface area contributed by atoms with Crippen molar-refractivity contribution >= 4 is 17.7 Å². The van der Waals surface area contributed by atoms with E-state index in [2.05, 4.69) is 0 Å². The minimum absolute atomic E-state index is 0.208. The highest BCUT2D eigenvalue weighted by Crippen LogP contribution is 2.12. The molecule has 0 heterocycles. The topological polar surface area (TPSA) is 69.7 Å². The van der Waals surface area contributed by atoms with Gasteiger partial charge in [0.05, 0.1) is 13.2 Å². The Bertz CT molecular complexity index is 333. The number of ketones is 1. The molecule has 1 atom stereocenters. The molecule has 0 aliphatic carbocycles. The van der Waals surface area contributed by atoms with Crippen molar-refractivity contribution in [2.24, 2.45) is 5.92 Å². The normalized spacial score (nSPS) is 12.2. The molecule has 0 aromatic heterocycles. The van der Waals surface area contributed by atoms with Gasteiger partial charge in [0, 0.05) is 0 Å². The Morgan fingerprint density at radius 1 is 1.00 bits per heavy atom. The quantitative estimate of drug-likeness (QED) is 0.364. The summed E-state index contributed by atoms with van der Waals surface area (Å²) in [6.07, 6.45) is 4.30. The van der Waals surface area contributed by atoms with Crippen LogP contribution in [0.5, 0.6) is 0 Å². The van der Waals surface area contributed by atoms with Crippen LogP contribution >= 0.6 is 0 Å². The van der Waals surface area contributed by atoms with Crippen molar-refractivity contribution in [1.82, 2.24) is 0 Å². The van der Waals surface area contributed by atoms with Gasteiger partial charge in [0.15, 0.2) is 5.78 Å². The number of esters is 2. The molecular formula is C14H22O5. The van der Waals surface area contributed by atoms with E-state index in [1.807, 2.05) is 13.0 Å². The van der Waals surface area contributed by atoms with Gasteiger partial charge >= 0.3 is 11.9 Å². The first kappa shape index (κ1) is 17.4. The maximum absolute atomic E-state index is 11.9. The summed E-state index contributed by atoms with van der Waals surface area (Å²) in [5, 5.41) is 0. The molecule has 0 radical (unpaired) electrons. The largest absolute Gasteiger partial charge is 0.466 e. The van der Waals surface area contributed by atoms with E-state index in [-0.39, 0.29) is 19.6 Å². The lowest BCUT2D eigenvalue weighted by Gasteiger charge is -2.12. The lowest BCUT2D eigenvalue weighted by molar-refractivity contribution is -0.153. The van der Waals surface area contributed by atoms with E-state index >= 15 is 0 Å². The smallest absolute Gasteiger partial charge is 0.316 e. The third kappa shape index (κ3) is 7.39. The predicted octanol–water partition coefficient (Wildman–Crippen LogP) is 2.04. The molecule has 19 heavy (non-hydrogen) atoms. The zero-order valence-electron chi connectivity index (χ0n) is 11.8. The third-order valence-corrected chi connectivity index (χ3v) is 2.36. The second-order valence-corrected chi connectivity index (χ2v) is 3.87. The first-order valence-corrected chi connectivity index (χ1v) is 6.56. The van der Waals surface area contributed by atoms with Crippen LogP contribution in [0.25, 0.3) is 0 Å². The van der Waals surface area contributed by atoms with Crippen LogP contribution < -0.4 is 0 Å². The van der Waals surface area contributed by atoms with E-state index in [4.69, 9.17) is 9.47 Å². The molecule has 0 aliphatic rings. The summed E-state index contributed by atoms with van der Waals surface area (Å²) >= 11 is 0. The zero-order chi connectivity index (χ0) is 14.7. The van der Waals surface area contributed by atoms with Crippen LogP contribution in [0.4, 0.5) is 0 Å². The number of Topliss-reactive ketones (excluding diaryl/α,β-unsaturated/α-hetero) is 1. The molecule has 0 aromatic carbocycles. The average Bonchev–Trinajstić information content (AvgIpc) is 2.34. The third-order valence-electron chi connectivity index (χ3n) is 2.36. The first-order valence-electron chi connectivity index (χ1n) is 6.56. The Balaban J connectivity index is 4.62. The number of hydrogen-bond donors (Lipinski definition) is 0. The molecule has 108 valence electrons. The molecule has 0 saturated carbocycles. The van der Waals surface area contributed by atoms with Crippen molar-refractivity contribution in [3.63, 3.8) is 0 Å². The highest BCUT2D eigenvalue weighted by Gasteiger charge is 2.28. The fourth-order valence-corrected chi connectivity index (χ4v) is 1.48. The van der Waals surface area contributed by atoms with Crippen LogP contribution in [-0.2, 0) is 23.9 Å². The number of carbonyl (C=O) groups is 3. The summed E-state index contributed by atoms with van der Waals surface area (Å²) in [6.45, 7) is 5.71. The van der Waals surface area contributed by atoms with Gasteiger partial charge in [0.2, 0.25) is 0 Å². The second kappa shape index (κ2) is 10.3. The highest BCUT2D eigenvalue weighted by molar-refractivity contribution is 6.06. The molecule has 5 nitrogen and oxygen atoms in total. The molecule has 0 aromatic rings. The molecule has 1 unspecified atom stereocenters. The van der Waals surface area contributed by atoms with Gasteiger partial charge in [-0.05, 0) is 26.7 Å². The summed E-state index contributed by atoms with van der Waals surface area (Å²) < 4.78 is 9.55. The van der Waals surface area contributed by atoms with Crippen molar-refractivity contribution in [3.8, 4) is 0 Å². The maximum atomic E-state index is 11.9. The molecule has 0 N–H and O–H groups in total. The lowest BCUT2D eigenvalue weighted by atomic mass is 9.97. The summed E-state index contributed by atoms with van der Waals surface area (Å²) in [5.74, 6) is -2.58. The van der Waals surface area contributed by atoms with Crippen LogP contribution in [0.1, 0.15) is 40.0 Å². The molecule has 0 spiro atoms. The van der Waals surface area contributed by atoms with Crippen LogP contribution in [0.2, 0.25) is 0 Å². The first-order chi connectivity index (χ1) is 9.06. The van der Waals surface area contributed by atoms with Crippen molar-refractivity contribution in [2.45, 2.75) is 40.0 Å². The fraction of sp³-hybridized carbons (Fsp3) is 0.643. The molecule has 0 saturated heterocycles. The van der Waals surface area contributed by atoms with E-state index < -0.39 is 30.1 Å². The summed E-state index contributed by atoms with van der Waals surface area (Å²) in [4.78, 5) is 34.8. The van der Waals surface area contributed by atoms with Crippen LogP contribution in [-0.4, -0.2) is 30.9 Å². The van der Waals surface area contributed by atoms with Gasteiger partial charge in [0.1, 0.15) is 12.3 Å². The van der Waals surface area contributed by atoms with Gasteiger partial charge in [-0.2, -0.15) is 0 Å². The molecule has 0 bridgehead atoms. The van der Waals surface area contributed by atoms with Crippen LogP contribution in [0.3, 0.4) is 0 Å². The summed E-state index contributed by atoms with van der Waals surface area (Å²) in [6, 6.07) is 0. The minimum Gasteiger partial charge on any atom is -0.466 e. The predicted molar refractivity (Wildman–Crippen MR) is 70.4 cm³/mol. The molecule has 0 aliphatic heterocycles. The van der Waals surface area contributed by atoms with Gasteiger partial charge < -0.3 is 9.47 Å². The SMILES string of the molecule is CC/C=C/CC(C(=O)CC(=O)OCC)C(=O)OCC. The van der Waals surface area contributed by atoms with E-state index in [1.165, 1.54) is 0 Å². The number of allylic oxidation sites excluding steroid dienone is 2. The average molecular weight is 270 g/mol.